The maximum Gasteiger partial charge on any atom is 0.346 e. The summed E-state index contributed by atoms with van der Waals surface area (Å²) in [7, 11) is 0. The Morgan fingerprint density at radius 3 is 2.70 bits per heavy atom. The highest BCUT2D eigenvalue weighted by molar-refractivity contribution is 5.94. The lowest BCUT2D eigenvalue weighted by atomic mass is 10.2. The number of fused-ring (bicyclic) bond motifs is 1. The fraction of sp³-hybridized carbons (Fsp3) is 0. The molecule has 0 aliphatic rings. The van der Waals surface area contributed by atoms with E-state index < -0.39 is 11.8 Å². The van der Waals surface area contributed by atoms with E-state index in [9.17, 15) is 9.18 Å². The first kappa shape index (κ1) is 12.3. The molecule has 0 radical (unpaired) electrons. The molecule has 0 amide bonds. The lowest BCUT2D eigenvalue weighted by Gasteiger charge is -2.07. The number of carbonyl (C=O) groups is 1. The van der Waals surface area contributed by atoms with Crippen LogP contribution in [0.5, 0.6) is 5.75 Å². The van der Waals surface area contributed by atoms with Crippen LogP contribution in [0.1, 0.15) is 10.4 Å². The number of hydrogen-bond donors (Lipinski definition) is 0. The van der Waals surface area contributed by atoms with Crippen LogP contribution >= 0.6 is 0 Å². The molecular formula is C16H10FNO2. The number of hydrogen-bond acceptors (Lipinski definition) is 3. The number of ether oxygens (including phenoxy) is 1. The van der Waals surface area contributed by atoms with Crippen LogP contribution in [0.25, 0.3) is 10.9 Å². The molecule has 0 bridgehead atoms. The van der Waals surface area contributed by atoms with E-state index in [1.165, 1.54) is 18.2 Å². The van der Waals surface area contributed by atoms with Crippen LogP contribution in [-0.4, -0.2) is 11.0 Å². The molecule has 20 heavy (non-hydrogen) atoms. The molecule has 3 rings (SSSR count). The van der Waals surface area contributed by atoms with Gasteiger partial charge in [-0.1, -0.05) is 18.2 Å². The Morgan fingerprint density at radius 2 is 1.85 bits per heavy atom. The summed E-state index contributed by atoms with van der Waals surface area (Å²) < 4.78 is 18.8. The predicted octanol–water partition coefficient (Wildman–Crippen LogP) is 3.59. The molecular weight excluding hydrogens is 257 g/mol. The summed E-state index contributed by atoms with van der Waals surface area (Å²) in [4.78, 5) is 16.2. The van der Waals surface area contributed by atoms with E-state index in [1.54, 1.807) is 36.5 Å². The van der Waals surface area contributed by atoms with Gasteiger partial charge < -0.3 is 4.74 Å². The monoisotopic (exact) mass is 267 g/mol. The van der Waals surface area contributed by atoms with Crippen molar-refractivity contribution in [2.45, 2.75) is 0 Å². The SMILES string of the molecule is O=C(Oc1cccc2ncccc12)c1ccccc1F. The molecule has 4 heteroatoms. The normalized spacial score (nSPS) is 10.4. The first-order valence-corrected chi connectivity index (χ1v) is 6.06. The van der Waals surface area contributed by atoms with Gasteiger partial charge >= 0.3 is 5.97 Å². The van der Waals surface area contributed by atoms with E-state index in [0.717, 1.165) is 0 Å². The van der Waals surface area contributed by atoms with Crippen molar-refractivity contribution < 1.29 is 13.9 Å². The lowest BCUT2D eigenvalue weighted by molar-refractivity contribution is 0.0732. The number of pyridine rings is 1. The number of halogens is 1. The molecule has 3 aromatic rings. The van der Waals surface area contributed by atoms with Gasteiger partial charge in [0.15, 0.2) is 0 Å². The minimum absolute atomic E-state index is 0.0895. The van der Waals surface area contributed by atoms with Crippen LogP contribution in [0.4, 0.5) is 4.39 Å². The Bertz CT molecular complexity index is 781. The van der Waals surface area contributed by atoms with Crippen LogP contribution < -0.4 is 4.74 Å². The molecule has 98 valence electrons. The lowest BCUT2D eigenvalue weighted by Crippen LogP contribution is -2.10. The topological polar surface area (TPSA) is 39.2 Å². The van der Waals surface area contributed by atoms with Gasteiger partial charge in [0.05, 0.1) is 11.1 Å². The summed E-state index contributed by atoms with van der Waals surface area (Å²) in [5.74, 6) is -0.959. The smallest absolute Gasteiger partial charge is 0.346 e. The van der Waals surface area contributed by atoms with E-state index in [4.69, 9.17) is 4.74 Å². The Kier molecular flexibility index (Phi) is 3.13. The summed E-state index contributed by atoms with van der Waals surface area (Å²) in [5.41, 5.74) is 0.625. The second-order valence-corrected chi connectivity index (χ2v) is 4.20. The first-order valence-electron chi connectivity index (χ1n) is 6.06. The second kappa shape index (κ2) is 5.09. The van der Waals surface area contributed by atoms with Gasteiger partial charge in [0.25, 0.3) is 0 Å². The third-order valence-corrected chi connectivity index (χ3v) is 2.90. The van der Waals surface area contributed by atoms with Gasteiger partial charge in [-0.05, 0) is 36.4 Å². The van der Waals surface area contributed by atoms with E-state index in [-0.39, 0.29) is 5.56 Å². The van der Waals surface area contributed by atoms with Crippen LogP contribution in [0, 0.1) is 5.82 Å². The maximum atomic E-state index is 13.5. The van der Waals surface area contributed by atoms with Crippen LogP contribution in [0.15, 0.2) is 60.8 Å². The molecule has 0 unspecified atom stereocenters. The van der Waals surface area contributed by atoms with Gasteiger partial charge in [0, 0.05) is 11.6 Å². The van der Waals surface area contributed by atoms with Crippen molar-refractivity contribution in [2.24, 2.45) is 0 Å². The molecule has 3 nitrogen and oxygen atoms in total. The Morgan fingerprint density at radius 1 is 1.00 bits per heavy atom. The van der Waals surface area contributed by atoms with Crippen molar-refractivity contribution in [2.75, 3.05) is 0 Å². The zero-order chi connectivity index (χ0) is 13.9. The number of aromatic nitrogens is 1. The third-order valence-electron chi connectivity index (χ3n) is 2.90. The van der Waals surface area contributed by atoms with Crippen LogP contribution in [0.3, 0.4) is 0 Å². The van der Waals surface area contributed by atoms with Gasteiger partial charge in [-0.3, -0.25) is 4.98 Å². The molecule has 0 spiro atoms. The molecule has 0 atom stereocenters. The highest BCUT2D eigenvalue weighted by Crippen LogP contribution is 2.24. The number of esters is 1. The minimum atomic E-state index is -0.723. The highest BCUT2D eigenvalue weighted by atomic mass is 19.1. The number of rotatable bonds is 2. The van der Waals surface area contributed by atoms with Gasteiger partial charge in [0.2, 0.25) is 0 Å². The summed E-state index contributed by atoms with van der Waals surface area (Å²) >= 11 is 0. The predicted molar refractivity (Wildman–Crippen MR) is 73.1 cm³/mol. The quantitative estimate of drug-likeness (QED) is 0.526. The molecule has 0 N–H and O–H groups in total. The first-order chi connectivity index (χ1) is 9.75. The summed E-state index contributed by atoms with van der Waals surface area (Å²) in [6.45, 7) is 0. The molecule has 1 heterocycles. The molecule has 1 aromatic heterocycles. The van der Waals surface area contributed by atoms with Crippen LogP contribution in [0.2, 0.25) is 0 Å². The molecule has 0 saturated carbocycles. The average Bonchev–Trinajstić information content (AvgIpc) is 2.48. The van der Waals surface area contributed by atoms with E-state index in [2.05, 4.69) is 4.98 Å². The van der Waals surface area contributed by atoms with Gasteiger partial charge in [-0.2, -0.15) is 0 Å². The average molecular weight is 267 g/mol. The molecule has 2 aromatic carbocycles. The van der Waals surface area contributed by atoms with Gasteiger partial charge in [-0.25, -0.2) is 9.18 Å². The van der Waals surface area contributed by atoms with Gasteiger partial charge in [0.1, 0.15) is 11.6 Å². The zero-order valence-corrected chi connectivity index (χ0v) is 10.4. The minimum Gasteiger partial charge on any atom is -0.422 e. The van der Waals surface area contributed by atoms with Crippen molar-refractivity contribution in [1.82, 2.24) is 4.98 Å². The van der Waals surface area contributed by atoms with Crippen LogP contribution in [-0.2, 0) is 0 Å². The van der Waals surface area contributed by atoms with Crippen molar-refractivity contribution in [3.05, 3.63) is 72.2 Å². The number of nitrogens with zero attached hydrogens (tertiary/aromatic N) is 1. The maximum absolute atomic E-state index is 13.5. The fourth-order valence-electron chi connectivity index (χ4n) is 1.95. The molecule has 0 saturated heterocycles. The summed E-state index contributed by atoms with van der Waals surface area (Å²) in [6, 6.07) is 14.5. The molecule has 0 aliphatic carbocycles. The van der Waals surface area contributed by atoms with Crippen molar-refractivity contribution in [1.29, 1.82) is 0 Å². The number of carbonyl (C=O) groups excluding carboxylic acids is 1. The summed E-state index contributed by atoms with van der Waals surface area (Å²) in [5, 5.41) is 0.708. The Labute approximate surface area is 114 Å². The van der Waals surface area contributed by atoms with Gasteiger partial charge in [-0.15, -0.1) is 0 Å². The molecule has 0 aliphatic heterocycles. The fourth-order valence-corrected chi connectivity index (χ4v) is 1.95. The van der Waals surface area contributed by atoms with Crippen molar-refractivity contribution >= 4 is 16.9 Å². The third kappa shape index (κ3) is 2.23. The molecule has 0 fully saturated rings. The Hall–Kier alpha value is -2.75. The van der Waals surface area contributed by atoms with Crippen molar-refractivity contribution in [3.63, 3.8) is 0 Å². The standard InChI is InChI=1S/C16H10FNO2/c17-13-7-2-1-5-11(13)16(19)20-15-9-3-8-14-12(15)6-4-10-18-14/h1-10H. The van der Waals surface area contributed by atoms with Crippen molar-refractivity contribution in [3.8, 4) is 5.75 Å². The Balaban J connectivity index is 1.98. The second-order valence-electron chi connectivity index (χ2n) is 4.20. The zero-order valence-electron chi connectivity index (χ0n) is 10.4. The highest BCUT2D eigenvalue weighted by Gasteiger charge is 2.14. The van der Waals surface area contributed by atoms with E-state index in [0.29, 0.717) is 16.7 Å². The van der Waals surface area contributed by atoms with E-state index >= 15 is 0 Å². The number of benzene rings is 2. The largest absolute Gasteiger partial charge is 0.422 e. The summed E-state index contributed by atoms with van der Waals surface area (Å²) in [6.07, 6.45) is 1.66. The van der Waals surface area contributed by atoms with E-state index in [1.807, 2.05) is 6.07 Å².